The van der Waals surface area contributed by atoms with Gasteiger partial charge >= 0.3 is 0 Å². The predicted molar refractivity (Wildman–Crippen MR) is 63.9 cm³/mol. The molecule has 0 spiro atoms. The molecule has 1 unspecified atom stereocenters. The number of aryl methyl sites for hydroxylation is 2. The van der Waals surface area contributed by atoms with Crippen LogP contribution in [0, 0.1) is 13.8 Å². The fourth-order valence-corrected chi connectivity index (χ4v) is 1.95. The van der Waals surface area contributed by atoms with Crippen LogP contribution in [0.2, 0.25) is 0 Å². The number of nitrogens with one attached hydrogen (secondary N) is 1. The molecule has 0 heterocycles. The summed E-state index contributed by atoms with van der Waals surface area (Å²) < 4.78 is 0. The molecule has 0 amide bonds. The second-order valence-corrected chi connectivity index (χ2v) is 4.59. The molecule has 82 valence electrons. The van der Waals surface area contributed by atoms with Crippen LogP contribution in [0.5, 0.6) is 0 Å². The first-order chi connectivity index (χ1) is 7.20. The Morgan fingerprint density at radius 3 is 2.73 bits per heavy atom. The largest absolute Gasteiger partial charge is 0.329 e. The zero-order valence-electron chi connectivity index (χ0n) is 9.59. The third-order valence-electron chi connectivity index (χ3n) is 3.06. The summed E-state index contributed by atoms with van der Waals surface area (Å²) in [4.78, 5) is 0. The average molecular weight is 204 g/mol. The van der Waals surface area contributed by atoms with Crippen molar-refractivity contribution in [3.63, 3.8) is 0 Å². The van der Waals surface area contributed by atoms with E-state index in [1.165, 1.54) is 29.5 Å². The topological polar surface area (TPSA) is 38.0 Å². The van der Waals surface area contributed by atoms with Crippen molar-refractivity contribution in [2.45, 2.75) is 38.8 Å². The predicted octanol–water partition coefficient (Wildman–Crippen LogP) is 2.06. The van der Waals surface area contributed by atoms with E-state index in [1.54, 1.807) is 0 Å². The van der Waals surface area contributed by atoms with Gasteiger partial charge in [0.05, 0.1) is 0 Å². The van der Waals surface area contributed by atoms with E-state index in [0.717, 1.165) is 0 Å². The van der Waals surface area contributed by atoms with Crippen LogP contribution in [0.1, 0.15) is 35.6 Å². The molecular formula is C13H20N2. The Morgan fingerprint density at radius 2 is 2.13 bits per heavy atom. The molecule has 0 aliphatic heterocycles. The normalized spacial score (nSPS) is 17.8. The lowest BCUT2D eigenvalue weighted by Crippen LogP contribution is -2.30. The van der Waals surface area contributed by atoms with E-state index in [9.17, 15) is 0 Å². The minimum atomic E-state index is 0.331. The number of benzene rings is 1. The minimum absolute atomic E-state index is 0.331. The maximum absolute atomic E-state index is 5.84. The van der Waals surface area contributed by atoms with Gasteiger partial charge in [-0.15, -0.1) is 0 Å². The lowest BCUT2D eigenvalue weighted by molar-refractivity contribution is 0.536. The Bertz CT molecular complexity index is 342. The van der Waals surface area contributed by atoms with Gasteiger partial charge in [-0.2, -0.15) is 0 Å². The zero-order chi connectivity index (χ0) is 10.8. The molecule has 1 aromatic rings. The summed E-state index contributed by atoms with van der Waals surface area (Å²) in [6.45, 7) is 4.97. The highest BCUT2D eigenvalue weighted by atomic mass is 15.0. The summed E-state index contributed by atoms with van der Waals surface area (Å²) in [7, 11) is 0. The van der Waals surface area contributed by atoms with Gasteiger partial charge in [0.2, 0.25) is 0 Å². The quantitative estimate of drug-likeness (QED) is 0.788. The molecule has 2 heteroatoms. The number of hydrogen-bond acceptors (Lipinski definition) is 2. The van der Waals surface area contributed by atoms with E-state index in [2.05, 4.69) is 37.4 Å². The van der Waals surface area contributed by atoms with Crippen molar-refractivity contribution in [1.29, 1.82) is 0 Å². The summed E-state index contributed by atoms with van der Waals surface area (Å²) in [5, 5.41) is 3.60. The molecular weight excluding hydrogens is 184 g/mol. The highest BCUT2D eigenvalue weighted by Crippen LogP contribution is 2.25. The molecule has 3 N–H and O–H groups in total. The Hall–Kier alpha value is -0.860. The number of nitrogens with two attached hydrogens (primary N) is 1. The van der Waals surface area contributed by atoms with Crippen molar-refractivity contribution in [2.24, 2.45) is 5.73 Å². The summed E-state index contributed by atoms with van der Waals surface area (Å²) >= 11 is 0. The summed E-state index contributed by atoms with van der Waals surface area (Å²) in [5.41, 5.74) is 9.85. The second-order valence-electron chi connectivity index (χ2n) is 4.59. The summed E-state index contributed by atoms with van der Waals surface area (Å²) in [6.07, 6.45) is 2.61. The Labute approximate surface area is 91.9 Å². The molecule has 1 aliphatic carbocycles. The van der Waals surface area contributed by atoms with Crippen LogP contribution in [0.25, 0.3) is 0 Å². The van der Waals surface area contributed by atoms with Gasteiger partial charge in [0, 0.05) is 18.6 Å². The van der Waals surface area contributed by atoms with Crippen LogP contribution in [0.3, 0.4) is 0 Å². The van der Waals surface area contributed by atoms with Gasteiger partial charge in [-0.1, -0.05) is 23.8 Å². The van der Waals surface area contributed by atoms with Gasteiger partial charge < -0.3 is 11.1 Å². The minimum Gasteiger partial charge on any atom is -0.329 e. The van der Waals surface area contributed by atoms with Crippen LogP contribution in [-0.2, 0) is 0 Å². The van der Waals surface area contributed by atoms with E-state index in [1.807, 2.05) is 0 Å². The standard InChI is InChI=1S/C13H20N2/c1-9-3-4-10(2)12(7-9)13(8-14)15-11-5-6-11/h3-4,7,11,13,15H,5-6,8,14H2,1-2H3. The van der Waals surface area contributed by atoms with Gasteiger partial charge in [0.25, 0.3) is 0 Å². The van der Waals surface area contributed by atoms with Crippen molar-refractivity contribution in [1.82, 2.24) is 5.32 Å². The summed E-state index contributed by atoms with van der Waals surface area (Å²) in [6, 6.07) is 7.63. The molecule has 2 nitrogen and oxygen atoms in total. The van der Waals surface area contributed by atoms with Crippen LogP contribution in [-0.4, -0.2) is 12.6 Å². The third kappa shape index (κ3) is 2.58. The second kappa shape index (κ2) is 4.33. The average Bonchev–Trinajstić information content (AvgIpc) is 3.02. The van der Waals surface area contributed by atoms with Crippen LogP contribution >= 0.6 is 0 Å². The van der Waals surface area contributed by atoms with Crippen molar-refractivity contribution in [3.8, 4) is 0 Å². The van der Waals surface area contributed by atoms with Gasteiger partial charge in [-0.05, 0) is 37.8 Å². The fraction of sp³-hybridized carbons (Fsp3) is 0.538. The van der Waals surface area contributed by atoms with Crippen molar-refractivity contribution in [2.75, 3.05) is 6.54 Å². The molecule has 0 bridgehead atoms. The molecule has 1 saturated carbocycles. The van der Waals surface area contributed by atoms with Gasteiger partial charge in [0.1, 0.15) is 0 Å². The van der Waals surface area contributed by atoms with Crippen LogP contribution < -0.4 is 11.1 Å². The fourth-order valence-electron chi connectivity index (χ4n) is 1.95. The van der Waals surface area contributed by atoms with Crippen molar-refractivity contribution < 1.29 is 0 Å². The first-order valence-corrected chi connectivity index (χ1v) is 5.74. The molecule has 15 heavy (non-hydrogen) atoms. The smallest absolute Gasteiger partial charge is 0.0449 e. The highest BCUT2D eigenvalue weighted by Gasteiger charge is 2.25. The lowest BCUT2D eigenvalue weighted by atomic mass is 9.99. The highest BCUT2D eigenvalue weighted by molar-refractivity contribution is 5.33. The van der Waals surface area contributed by atoms with Crippen molar-refractivity contribution in [3.05, 3.63) is 34.9 Å². The molecule has 1 fully saturated rings. The van der Waals surface area contributed by atoms with E-state index in [-0.39, 0.29) is 0 Å². The van der Waals surface area contributed by atoms with E-state index in [4.69, 9.17) is 5.73 Å². The van der Waals surface area contributed by atoms with E-state index in [0.29, 0.717) is 18.6 Å². The zero-order valence-corrected chi connectivity index (χ0v) is 9.59. The van der Waals surface area contributed by atoms with Gasteiger partial charge in [0.15, 0.2) is 0 Å². The van der Waals surface area contributed by atoms with E-state index >= 15 is 0 Å². The first-order valence-electron chi connectivity index (χ1n) is 5.74. The Balaban J connectivity index is 2.19. The lowest BCUT2D eigenvalue weighted by Gasteiger charge is -2.19. The molecule has 0 saturated heterocycles. The van der Waals surface area contributed by atoms with Crippen LogP contribution in [0.4, 0.5) is 0 Å². The van der Waals surface area contributed by atoms with Gasteiger partial charge in [-0.3, -0.25) is 0 Å². The Kier molecular flexibility index (Phi) is 3.08. The molecule has 2 rings (SSSR count). The maximum atomic E-state index is 5.84. The third-order valence-corrected chi connectivity index (χ3v) is 3.06. The number of rotatable bonds is 4. The Morgan fingerprint density at radius 1 is 1.40 bits per heavy atom. The monoisotopic (exact) mass is 204 g/mol. The molecule has 1 aromatic carbocycles. The molecule has 0 radical (unpaired) electrons. The maximum Gasteiger partial charge on any atom is 0.0449 e. The summed E-state index contributed by atoms with van der Waals surface area (Å²) in [5.74, 6) is 0. The van der Waals surface area contributed by atoms with Crippen LogP contribution in [0.15, 0.2) is 18.2 Å². The number of hydrogen-bond donors (Lipinski definition) is 2. The molecule has 0 aromatic heterocycles. The van der Waals surface area contributed by atoms with Gasteiger partial charge in [-0.25, -0.2) is 0 Å². The van der Waals surface area contributed by atoms with Crippen molar-refractivity contribution >= 4 is 0 Å². The molecule has 1 aliphatic rings. The van der Waals surface area contributed by atoms with E-state index < -0.39 is 0 Å². The first kappa shape index (κ1) is 10.7. The SMILES string of the molecule is Cc1ccc(C)c(C(CN)NC2CC2)c1. The molecule has 1 atom stereocenters.